The third-order valence-electron chi connectivity index (χ3n) is 2.80. The molecule has 0 aliphatic rings. The second-order valence-corrected chi connectivity index (χ2v) is 4.11. The number of aryl methyl sites for hydroxylation is 1. The molecule has 2 aromatic carbocycles. The minimum absolute atomic E-state index is 0.212. The molecule has 0 aliphatic carbocycles. The molecular weight excluding hydrogens is 215 g/mol. The van der Waals surface area contributed by atoms with Crippen LogP contribution in [0.3, 0.4) is 0 Å². The van der Waals surface area contributed by atoms with Crippen molar-refractivity contribution in [3.8, 4) is 0 Å². The summed E-state index contributed by atoms with van der Waals surface area (Å²) in [6, 6.07) is 10.6. The lowest BCUT2D eigenvalue weighted by Crippen LogP contribution is -1.98. The van der Waals surface area contributed by atoms with Crippen molar-refractivity contribution in [3.05, 3.63) is 53.3 Å². The Morgan fingerprint density at radius 3 is 2.59 bits per heavy atom. The van der Waals surface area contributed by atoms with E-state index in [0.717, 1.165) is 16.9 Å². The molecule has 88 valence electrons. The average molecular weight is 230 g/mol. The number of nitrogens with one attached hydrogen (secondary N) is 1. The normalized spacial score (nSPS) is 10.3. The van der Waals surface area contributed by atoms with Gasteiger partial charge < -0.3 is 11.1 Å². The average Bonchev–Trinajstić information content (AvgIpc) is 2.30. The molecule has 0 saturated carbocycles. The van der Waals surface area contributed by atoms with E-state index >= 15 is 0 Å². The van der Waals surface area contributed by atoms with Gasteiger partial charge in [-0.1, -0.05) is 12.1 Å². The Bertz CT molecular complexity index is 550. The number of anilines is 3. The number of hydrogen-bond donors (Lipinski definition) is 2. The second-order valence-electron chi connectivity index (χ2n) is 4.11. The molecule has 0 atom stereocenters. The number of nitrogen functional groups attached to an aromatic ring is 1. The first-order chi connectivity index (χ1) is 8.08. The van der Waals surface area contributed by atoms with Crippen LogP contribution in [0.15, 0.2) is 36.4 Å². The number of hydrogen-bond acceptors (Lipinski definition) is 2. The third kappa shape index (κ3) is 2.38. The fourth-order valence-electron chi connectivity index (χ4n) is 1.66. The van der Waals surface area contributed by atoms with E-state index in [2.05, 4.69) is 5.32 Å². The molecule has 0 aromatic heterocycles. The second kappa shape index (κ2) is 4.45. The van der Waals surface area contributed by atoms with Gasteiger partial charge in [-0.3, -0.25) is 0 Å². The van der Waals surface area contributed by atoms with Crippen LogP contribution in [-0.2, 0) is 0 Å². The van der Waals surface area contributed by atoms with Crippen molar-refractivity contribution >= 4 is 17.1 Å². The van der Waals surface area contributed by atoms with Gasteiger partial charge in [-0.15, -0.1) is 0 Å². The first-order valence-electron chi connectivity index (χ1n) is 5.46. The predicted molar refractivity (Wildman–Crippen MR) is 70.0 cm³/mol. The van der Waals surface area contributed by atoms with E-state index in [9.17, 15) is 4.39 Å². The summed E-state index contributed by atoms with van der Waals surface area (Å²) < 4.78 is 13.4. The Balaban J connectivity index is 2.38. The molecule has 0 radical (unpaired) electrons. The van der Waals surface area contributed by atoms with Gasteiger partial charge in [0, 0.05) is 22.6 Å². The van der Waals surface area contributed by atoms with Crippen molar-refractivity contribution in [1.82, 2.24) is 0 Å². The van der Waals surface area contributed by atoms with E-state index in [0.29, 0.717) is 11.3 Å². The molecule has 3 heteroatoms. The highest BCUT2D eigenvalue weighted by atomic mass is 19.1. The Morgan fingerprint density at radius 1 is 1.06 bits per heavy atom. The van der Waals surface area contributed by atoms with Gasteiger partial charge in [-0.2, -0.15) is 0 Å². The standard InChI is InChI=1S/C14H15FN2/c1-9-6-7-11(16)8-14(9)17-13-5-3-4-12(15)10(13)2/h3-8,17H,16H2,1-2H3. The van der Waals surface area contributed by atoms with Crippen LogP contribution in [0, 0.1) is 19.7 Å². The Morgan fingerprint density at radius 2 is 1.82 bits per heavy atom. The number of nitrogens with two attached hydrogens (primary N) is 1. The molecule has 2 aromatic rings. The monoisotopic (exact) mass is 230 g/mol. The molecule has 2 nitrogen and oxygen atoms in total. The number of halogens is 1. The molecule has 0 unspecified atom stereocenters. The van der Waals surface area contributed by atoms with Gasteiger partial charge >= 0.3 is 0 Å². The van der Waals surface area contributed by atoms with Crippen LogP contribution in [0.1, 0.15) is 11.1 Å². The maximum atomic E-state index is 13.4. The molecule has 0 heterocycles. The zero-order valence-corrected chi connectivity index (χ0v) is 9.92. The maximum absolute atomic E-state index is 13.4. The van der Waals surface area contributed by atoms with Crippen LogP contribution in [0.5, 0.6) is 0 Å². The highest BCUT2D eigenvalue weighted by Gasteiger charge is 2.05. The zero-order valence-electron chi connectivity index (χ0n) is 9.92. The van der Waals surface area contributed by atoms with Crippen molar-refractivity contribution in [2.24, 2.45) is 0 Å². The van der Waals surface area contributed by atoms with E-state index in [1.54, 1.807) is 13.0 Å². The first kappa shape index (κ1) is 11.5. The fraction of sp³-hybridized carbons (Fsp3) is 0.143. The van der Waals surface area contributed by atoms with E-state index in [4.69, 9.17) is 5.73 Å². The van der Waals surface area contributed by atoms with Gasteiger partial charge in [0.2, 0.25) is 0 Å². The van der Waals surface area contributed by atoms with Crippen LogP contribution in [0.4, 0.5) is 21.5 Å². The highest BCUT2D eigenvalue weighted by Crippen LogP contribution is 2.26. The SMILES string of the molecule is Cc1ccc(N)cc1Nc1cccc(F)c1C. The number of rotatable bonds is 2. The lowest BCUT2D eigenvalue weighted by atomic mass is 10.1. The highest BCUT2D eigenvalue weighted by molar-refractivity contribution is 5.68. The molecule has 0 fully saturated rings. The lowest BCUT2D eigenvalue weighted by Gasteiger charge is -2.12. The topological polar surface area (TPSA) is 38.0 Å². The van der Waals surface area contributed by atoms with E-state index in [-0.39, 0.29) is 5.82 Å². The van der Waals surface area contributed by atoms with Gasteiger partial charge in [-0.05, 0) is 43.7 Å². The summed E-state index contributed by atoms with van der Waals surface area (Å²) in [5.74, 6) is -0.212. The van der Waals surface area contributed by atoms with Gasteiger partial charge in [0.25, 0.3) is 0 Å². The Kier molecular flexibility index (Phi) is 3.00. The summed E-state index contributed by atoms with van der Waals surface area (Å²) in [4.78, 5) is 0. The summed E-state index contributed by atoms with van der Waals surface area (Å²) in [5.41, 5.74) is 9.76. The van der Waals surface area contributed by atoms with Crippen molar-refractivity contribution in [2.45, 2.75) is 13.8 Å². The summed E-state index contributed by atoms with van der Waals surface area (Å²) in [5, 5.41) is 3.20. The van der Waals surface area contributed by atoms with Crippen molar-refractivity contribution in [2.75, 3.05) is 11.1 Å². The van der Waals surface area contributed by atoms with E-state index in [1.807, 2.05) is 31.2 Å². The van der Waals surface area contributed by atoms with Crippen molar-refractivity contribution in [1.29, 1.82) is 0 Å². The Hall–Kier alpha value is -2.03. The minimum atomic E-state index is -0.212. The first-order valence-corrected chi connectivity index (χ1v) is 5.46. The van der Waals surface area contributed by atoms with Crippen molar-refractivity contribution in [3.63, 3.8) is 0 Å². The van der Waals surface area contributed by atoms with Crippen LogP contribution in [0.2, 0.25) is 0 Å². The molecule has 2 rings (SSSR count). The van der Waals surface area contributed by atoms with Crippen LogP contribution in [0.25, 0.3) is 0 Å². The number of benzene rings is 2. The van der Waals surface area contributed by atoms with Gasteiger partial charge in [0.1, 0.15) is 5.82 Å². The van der Waals surface area contributed by atoms with Gasteiger partial charge in [0.15, 0.2) is 0 Å². The van der Waals surface area contributed by atoms with Crippen LogP contribution >= 0.6 is 0 Å². The zero-order chi connectivity index (χ0) is 12.4. The molecule has 3 N–H and O–H groups in total. The quantitative estimate of drug-likeness (QED) is 0.771. The smallest absolute Gasteiger partial charge is 0.128 e. The van der Waals surface area contributed by atoms with E-state index < -0.39 is 0 Å². The summed E-state index contributed by atoms with van der Waals surface area (Å²) >= 11 is 0. The van der Waals surface area contributed by atoms with Crippen molar-refractivity contribution < 1.29 is 4.39 Å². The molecule has 0 bridgehead atoms. The largest absolute Gasteiger partial charge is 0.399 e. The maximum Gasteiger partial charge on any atom is 0.128 e. The Labute approximate surface area is 100 Å². The summed E-state index contributed by atoms with van der Waals surface area (Å²) in [6.07, 6.45) is 0. The van der Waals surface area contributed by atoms with Gasteiger partial charge in [0.05, 0.1) is 0 Å². The van der Waals surface area contributed by atoms with Crippen LogP contribution in [-0.4, -0.2) is 0 Å². The summed E-state index contributed by atoms with van der Waals surface area (Å²) in [7, 11) is 0. The van der Waals surface area contributed by atoms with Gasteiger partial charge in [-0.25, -0.2) is 4.39 Å². The third-order valence-corrected chi connectivity index (χ3v) is 2.80. The fourth-order valence-corrected chi connectivity index (χ4v) is 1.66. The molecule has 0 saturated heterocycles. The molecule has 0 aliphatic heterocycles. The predicted octanol–water partition coefficient (Wildman–Crippen LogP) is 3.77. The molecular formula is C14H15FN2. The summed E-state index contributed by atoms with van der Waals surface area (Å²) in [6.45, 7) is 3.73. The lowest BCUT2D eigenvalue weighted by molar-refractivity contribution is 0.619. The molecule has 17 heavy (non-hydrogen) atoms. The molecule has 0 amide bonds. The minimum Gasteiger partial charge on any atom is -0.399 e. The van der Waals surface area contributed by atoms with Crippen LogP contribution < -0.4 is 11.1 Å². The molecule has 0 spiro atoms. The van der Waals surface area contributed by atoms with E-state index in [1.165, 1.54) is 6.07 Å².